The van der Waals surface area contributed by atoms with Crippen LogP contribution in [0.4, 0.5) is 10.2 Å². The monoisotopic (exact) mass is 443 g/mol. The number of imide groups is 1. The summed E-state index contributed by atoms with van der Waals surface area (Å²) >= 11 is 0. The van der Waals surface area contributed by atoms with Gasteiger partial charge in [0.25, 0.3) is 11.8 Å². The highest BCUT2D eigenvalue weighted by Gasteiger charge is 2.42. The second-order valence-electron chi connectivity index (χ2n) is 7.94. The van der Waals surface area contributed by atoms with Crippen molar-refractivity contribution in [2.24, 2.45) is 0 Å². The molecule has 2 aliphatic rings. The molecule has 0 aliphatic carbocycles. The van der Waals surface area contributed by atoms with Gasteiger partial charge in [-0.05, 0) is 47.5 Å². The standard InChI is InChI=1S/C25H22FN5O2/c26-20-6-4-19(5-7-20)22-23(25(33)31(24(22)32)17-18-8-11-27-12-9-18)30-15-13-29(14-16-30)21-3-1-2-10-28-21/h1-12H,13-17H2. The number of carbonyl (C=O) groups is 2. The van der Waals surface area contributed by atoms with E-state index in [1.165, 1.54) is 17.0 Å². The summed E-state index contributed by atoms with van der Waals surface area (Å²) in [6, 6.07) is 15.1. The van der Waals surface area contributed by atoms with Crippen LogP contribution in [0.1, 0.15) is 11.1 Å². The lowest BCUT2D eigenvalue weighted by Gasteiger charge is -2.37. The molecule has 0 atom stereocenters. The van der Waals surface area contributed by atoms with Crippen LogP contribution in [0.25, 0.3) is 5.57 Å². The topological polar surface area (TPSA) is 69.6 Å². The Labute approximate surface area is 190 Å². The lowest BCUT2D eigenvalue weighted by molar-refractivity contribution is -0.138. The van der Waals surface area contributed by atoms with E-state index in [0.29, 0.717) is 43.0 Å². The Kier molecular flexibility index (Phi) is 5.56. The third kappa shape index (κ3) is 4.07. The van der Waals surface area contributed by atoms with Gasteiger partial charge >= 0.3 is 0 Å². The summed E-state index contributed by atoms with van der Waals surface area (Å²) in [6.45, 7) is 2.63. The smallest absolute Gasteiger partial charge is 0.278 e. The number of pyridine rings is 2. The second-order valence-corrected chi connectivity index (χ2v) is 7.94. The van der Waals surface area contributed by atoms with Gasteiger partial charge in [0.1, 0.15) is 17.3 Å². The van der Waals surface area contributed by atoms with Crippen LogP contribution in [-0.2, 0) is 16.1 Å². The zero-order chi connectivity index (χ0) is 22.8. The number of aromatic nitrogens is 2. The number of halogens is 1. The SMILES string of the molecule is O=C1C(c2ccc(F)cc2)=C(N2CCN(c3ccccn3)CC2)C(=O)N1Cc1ccncc1. The average molecular weight is 443 g/mol. The molecule has 0 unspecified atom stereocenters. The quantitative estimate of drug-likeness (QED) is 0.565. The highest BCUT2D eigenvalue weighted by atomic mass is 19.1. The van der Waals surface area contributed by atoms with E-state index in [-0.39, 0.29) is 18.4 Å². The van der Waals surface area contributed by atoms with E-state index in [1.54, 1.807) is 42.9 Å². The van der Waals surface area contributed by atoms with Crippen LogP contribution in [0.5, 0.6) is 0 Å². The van der Waals surface area contributed by atoms with Crippen molar-refractivity contribution >= 4 is 23.2 Å². The van der Waals surface area contributed by atoms with Gasteiger partial charge in [-0.3, -0.25) is 19.5 Å². The Morgan fingerprint density at radius 2 is 1.48 bits per heavy atom. The van der Waals surface area contributed by atoms with Crippen molar-refractivity contribution in [3.8, 4) is 0 Å². The number of nitrogens with zero attached hydrogens (tertiary/aromatic N) is 5. The maximum Gasteiger partial charge on any atom is 0.278 e. The van der Waals surface area contributed by atoms with Gasteiger partial charge in [-0.2, -0.15) is 0 Å². The van der Waals surface area contributed by atoms with E-state index < -0.39 is 5.82 Å². The number of benzene rings is 1. The number of hydrogen-bond acceptors (Lipinski definition) is 6. The number of carbonyl (C=O) groups excluding carboxylic acids is 2. The van der Waals surface area contributed by atoms with E-state index in [1.807, 2.05) is 23.1 Å². The van der Waals surface area contributed by atoms with E-state index in [2.05, 4.69) is 14.9 Å². The zero-order valence-electron chi connectivity index (χ0n) is 17.9. The fourth-order valence-corrected chi connectivity index (χ4v) is 4.25. The van der Waals surface area contributed by atoms with Gasteiger partial charge in [0.2, 0.25) is 0 Å². The van der Waals surface area contributed by atoms with Crippen molar-refractivity contribution in [3.63, 3.8) is 0 Å². The molecule has 3 aromatic rings. The Balaban J connectivity index is 1.45. The summed E-state index contributed by atoms with van der Waals surface area (Å²) in [6.07, 6.45) is 5.02. The summed E-state index contributed by atoms with van der Waals surface area (Å²) in [5, 5.41) is 0. The molecule has 2 aromatic heterocycles. The van der Waals surface area contributed by atoms with Crippen molar-refractivity contribution in [1.82, 2.24) is 19.8 Å². The number of amides is 2. The maximum absolute atomic E-state index is 13.6. The Morgan fingerprint density at radius 1 is 0.788 bits per heavy atom. The molecule has 0 radical (unpaired) electrons. The summed E-state index contributed by atoms with van der Waals surface area (Å²) in [4.78, 5) is 40.7. The Hall–Kier alpha value is -4.07. The van der Waals surface area contributed by atoms with Crippen molar-refractivity contribution in [1.29, 1.82) is 0 Å². The highest BCUT2D eigenvalue weighted by molar-refractivity contribution is 6.35. The largest absolute Gasteiger partial charge is 0.363 e. The number of rotatable bonds is 5. The average Bonchev–Trinajstić information content (AvgIpc) is 3.11. The van der Waals surface area contributed by atoms with E-state index >= 15 is 0 Å². The number of hydrogen-bond donors (Lipinski definition) is 0. The summed E-state index contributed by atoms with van der Waals surface area (Å²) in [7, 11) is 0. The van der Waals surface area contributed by atoms with Crippen LogP contribution in [0.2, 0.25) is 0 Å². The predicted octanol–water partition coefficient (Wildman–Crippen LogP) is 2.72. The fraction of sp³-hybridized carbons (Fsp3) is 0.200. The fourth-order valence-electron chi connectivity index (χ4n) is 4.25. The Bertz CT molecular complexity index is 1190. The van der Waals surface area contributed by atoms with Crippen molar-refractivity contribution in [2.45, 2.75) is 6.54 Å². The molecule has 1 aromatic carbocycles. The third-order valence-corrected chi connectivity index (χ3v) is 5.94. The van der Waals surface area contributed by atoms with Crippen molar-refractivity contribution in [3.05, 3.63) is 95.8 Å². The molecule has 33 heavy (non-hydrogen) atoms. The van der Waals surface area contributed by atoms with Crippen LogP contribution in [0.3, 0.4) is 0 Å². The molecule has 5 rings (SSSR count). The van der Waals surface area contributed by atoms with Crippen LogP contribution in [0.15, 0.2) is 78.9 Å². The molecule has 166 valence electrons. The molecule has 7 nitrogen and oxygen atoms in total. The van der Waals surface area contributed by atoms with Gasteiger partial charge in [0.15, 0.2) is 0 Å². The minimum Gasteiger partial charge on any atom is -0.363 e. The van der Waals surface area contributed by atoms with Gasteiger partial charge in [-0.1, -0.05) is 18.2 Å². The first-order chi connectivity index (χ1) is 16.1. The van der Waals surface area contributed by atoms with Gasteiger partial charge in [0.05, 0.1) is 12.1 Å². The molecule has 1 fully saturated rings. The predicted molar refractivity (Wildman–Crippen MR) is 121 cm³/mol. The van der Waals surface area contributed by atoms with Crippen molar-refractivity contribution < 1.29 is 14.0 Å². The minimum atomic E-state index is -0.393. The lowest BCUT2D eigenvalue weighted by Crippen LogP contribution is -2.47. The van der Waals surface area contributed by atoms with Gasteiger partial charge in [-0.25, -0.2) is 9.37 Å². The van der Waals surface area contributed by atoms with Gasteiger partial charge in [-0.15, -0.1) is 0 Å². The molecule has 4 heterocycles. The van der Waals surface area contributed by atoms with E-state index in [9.17, 15) is 14.0 Å². The zero-order valence-corrected chi connectivity index (χ0v) is 17.9. The maximum atomic E-state index is 13.6. The number of piperazine rings is 1. The van der Waals surface area contributed by atoms with Gasteiger partial charge < -0.3 is 9.80 Å². The van der Waals surface area contributed by atoms with Crippen molar-refractivity contribution in [2.75, 3.05) is 31.1 Å². The molecular weight excluding hydrogens is 421 g/mol. The first kappa shape index (κ1) is 20.8. The summed E-state index contributed by atoms with van der Waals surface area (Å²) in [5.74, 6) is -0.207. The molecular formula is C25H22FN5O2. The van der Waals surface area contributed by atoms with Crippen LogP contribution >= 0.6 is 0 Å². The molecule has 2 aliphatic heterocycles. The first-order valence-electron chi connectivity index (χ1n) is 10.8. The lowest BCUT2D eigenvalue weighted by atomic mass is 10.0. The molecule has 1 saturated heterocycles. The summed E-state index contributed by atoms with van der Waals surface area (Å²) < 4.78 is 13.6. The highest BCUT2D eigenvalue weighted by Crippen LogP contribution is 2.33. The molecule has 0 spiro atoms. The molecule has 0 bridgehead atoms. The second kappa shape index (κ2) is 8.82. The normalized spacial score (nSPS) is 16.7. The first-order valence-corrected chi connectivity index (χ1v) is 10.8. The Morgan fingerprint density at radius 3 is 2.15 bits per heavy atom. The number of anilines is 1. The van der Waals surface area contributed by atoms with Crippen LogP contribution in [0, 0.1) is 5.82 Å². The third-order valence-electron chi connectivity index (χ3n) is 5.94. The molecule has 0 N–H and O–H groups in total. The van der Waals surface area contributed by atoms with Crippen LogP contribution in [-0.4, -0.2) is 57.8 Å². The summed E-state index contributed by atoms with van der Waals surface area (Å²) in [5.41, 5.74) is 2.04. The van der Waals surface area contributed by atoms with Crippen LogP contribution < -0.4 is 4.90 Å². The molecule has 0 saturated carbocycles. The molecule has 2 amide bonds. The van der Waals surface area contributed by atoms with Gasteiger partial charge in [0, 0.05) is 44.8 Å². The van der Waals surface area contributed by atoms with E-state index in [4.69, 9.17) is 0 Å². The van der Waals surface area contributed by atoms with E-state index in [0.717, 1.165) is 11.4 Å². The minimum absolute atomic E-state index is 0.155. The molecule has 8 heteroatoms.